The van der Waals surface area contributed by atoms with E-state index in [0.29, 0.717) is 17.7 Å². The first kappa shape index (κ1) is 18.8. The van der Waals surface area contributed by atoms with Crippen LogP contribution in [0.5, 0.6) is 0 Å². The fourth-order valence-corrected chi connectivity index (χ4v) is 4.33. The smallest absolute Gasteiger partial charge is 0.287 e. The molecule has 1 spiro atoms. The minimum atomic E-state index is -0.143. The highest BCUT2D eigenvalue weighted by molar-refractivity contribution is 5.92. The Morgan fingerprint density at radius 1 is 1.23 bits per heavy atom. The Morgan fingerprint density at radius 2 is 2.00 bits per heavy atom. The van der Waals surface area contributed by atoms with Gasteiger partial charge in [-0.05, 0) is 44.1 Å². The van der Waals surface area contributed by atoms with Gasteiger partial charge in [-0.15, -0.1) is 0 Å². The zero-order valence-corrected chi connectivity index (χ0v) is 16.1. The summed E-state index contributed by atoms with van der Waals surface area (Å²) >= 11 is 0. The topological polar surface area (TPSA) is 69.9 Å². The normalized spacial score (nSPS) is 19.8. The molecule has 3 rings (SSSR count). The van der Waals surface area contributed by atoms with Gasteiger partial charge in [0.15, 0.2) is 11.7 Å². The molecule has 1 aromatic heterocycles. The second-order valence-corrected chi connectivity index (χ2v) is 7.75. The number of aryl methyl sites for hydroxylation is 1. The Bertz CT molecular complexity index is 632. The van der Waals surface area contributed by atoms with Crippen LogP contribution in [0.3, 0.4) is 0 Å². The number of carbonyl (C=O) groups is 1. The van der Waals surface area contributed by atoms with Gasteiger partial charge in [-0.1, -0.05) is 19.3 Å². The van der Waals surface area contributed by atoms with Crippen molar-refractivity contribution in [2.75, 3.05) is 33.2 Å². The lowest BCUT2D eigenvalue weighted by atomic mass is 9.73. The predicted molar refractivity (Wildman–Crippen MR) is 103 cm³/mol. The quantitative estimate of drug-likeness (QED) is 0.481. The van der Waals surface area contributed by atoms with Crippen molar-refractivity contribution in [2.24, 2.45) is 10.4 Å². The van der Waals surface area contributed by atoms with E-state index in [9.17, 15) is 4.79 Å². The van der Waals surface area contributed by atoms with E-state index in [1.54, 1.807) is 12.3 Å². The summed E-state index contributed by atoms with van der Waals surface area (Å²) in [6.07, 6.45) is 10.6. The number of likely N-dealkylation sites (tertiary alicyclic amines) is 1. The molecule has 0 bridgehead atoms. The molecule has 1 aliphatic heterocycles. The van der Waals surface area contributed by atoms with Crippen molar-refractivity contribution in [3.63, 3.8) is 0 Å². The van der Waals surface area contributed by atoms with Crippen molar-refractivity contribution in [3.8, 4) is 0 Å². The fraction of sp³-hybridized carbons (Fsp3) is 0.700. The zero-order valence-electron chi connectivity index (χ0n) is 16.1. The molecule has 0 unspecified atom stereocenters. The van der Waals surface area contributed by atoms with E-state index in [1.807, 2.05) is 14.0 Å². The van der Waals surface area contributed by atoms with Crippen molar-refractivity contribution in [3.05, 3.63) is 23.7 Å². The van der Waals surface area contributed by atoms with Crippen LogP contribution in [-0.2, 0) is 0 Å². The number of aliphatic imine (C=N–C) groups is 1. The lowest BCUT2D eigenvalue weighted by Gasteiger charge is -2.33. The average Bonchev–Trinajstić information content (AvgIpc) is 3.25. The van der Waals surface area contributed by atoms with Crippen LogP contribution in [-0.4, -0.2) is 50.0 Å². The van der Waals surface area contributed by atoms with Gasteiger partial charge >= 0.3 is 0 Å². The molecule has 6 nitrogen and oxygen atoms in total. The fourth-order valence-electron chi connectivity index (χ4n) is 4.33. The first-order valence-electron chi connectivity index (χ1n) is 9.91. The zero-order chi connectivity index (χ0) is 18.4. The molecule has 144 valence electrons. The second-order valence-electron chi connectivity index (χ2n) is 7.75. The minimum Gasteiger partial charge on any atom is -0.459 e. The van der Waals surface area contributed by atoms with E-state index >= 15 is 0 Å². The molecule has 1 saturated heterocycles. The van der Waals surface area contributed by atoms with Crippen LogP contribution in [0.4, 0.5) is 0 Å². The lowest BCUT2D eigenvalue weighted by molar-refractivity contribution is 0.0925. The van der Waals surface area contributed by atoms with Gasteiger partial charge in [-0.3, -0.25) is 9.79 Å². The van der Waals surface area contributed by atoms with E-state index in [0.717, 1.165) is 37.6 Å². The molecule has 1 aliphatic carbocycles. The van der Waals surface area contributed by atoms with Gasteiger partial charge < -0.3 is 20.0 Å². The molecule has 2 heterocycles. The number of nitrogens with zero attached hydrogens (tertiary/aromatic N) is 2. The molecule has 0 radical (unpaired) electrons. The van der Waals surface area contributed by atoms with Crippen LogP contribution in [0.2, 0.25) is 0 Å². The Labute approximate surface area is 156 Å². The summed E-state index contributed by atoms with van der Waals surface area (Å²) in [5.74, 6) is 1.26. The number of rotatable bonds is 5. The van der Waals surface area contributed by atoms with E-state index in [-0.39, 0.29) is 5.91 Å². The minimum absolute atomic E-state index is 0.143. The van der Waals surface area contributed by atoms with E-state index in [2.05, 4.69) is 20.5 Å². The summed E-state index contributed by atoms with van der Waals surface area (Å²) < 4.78 is 5.21. The third-order valence-electron chi connectivity index (χ3n) is 5.85. The Morgan fingerprint density at radius 3 is 2.69 bits per heavy atom. The number of hydrogen-bond donors (Lipinski definition) is 2. The highest BCUT2D eigenvalue weighted by atomic mass is 16.3. The average molecular weight is 361 g/mol. The molecule has 1 saturated carbocycles. The number of amides is 1. The summed E-state index contributed by atoms with van der Waals surface area (Å²) in [5, 5.41) is 6.36. The summed E-state index contributed by atoms with van der Waals surface area (Å²) in [7, 11) is 1.86. The van der Waals surface area contributed by atoms with Crippen LogP contribution in [0.1, 0.15) is 61.1 Å². The summed E-state index contributed by atoms with van der Waals surface area (Å²) in [6.45, 7) is 5.54. The number of carbonyl (C=O) groups excluding carboxylic acids is 1. The van der Waals surface area contributed by atoms with Gasteiger partial charge in [-0.25, -0.2) is 0 Å². The SMILES string of the molecule is CN=C(NCCCNC(=O)c1occc1C)N1CCC2(CCCCC2)C1. The first-order chi connectivity index (χ1) is 12.6. The maximum absolute atomic E-state index is 12.0. The number of furan rings is 1. The van der Waals surface area contributed by atoms with Crippen molar-refractivity contribution < 1.29 is 9.21 Å². The molecular formula is C20H32N4O2. The predicted octanol–water partition coefficient (Wildman–Crippen LogP) is 2.94. The molecular weight excluding hydrogens is 328 g/mol. The summed E-state index contributed by atoms with van der Waals surface area (Å²) in [6, 6.07) is 1.80. The number of guanidine groups is 1. The maximum atomic E-state index is 12.0. The summed E-state index contributed by atoms with van der Waals surface area (Å²) in [4.78, 5) is 18.9. The monoisotopic (exact) mass is 360 g/mol. The van der Waals surface area contributed by atoms with Gasteiger partial charge in [0.25, 0.3) is 5.91 Å². The molecule has 2 aliphatic rings. The highest BCUT2D eigenvalue weighted by Gasteiger charge is 2.39. The van der Waals surface area contributed by atoms with Crippen molar-refractivity contribution in [1.29, 1.82) is 0 Å². The van der Waals surface area contributed by atoms with E-state index in [4.69, 9.17) is 4.42 Å². The van der Waals surface area contributed by atoms with Crippen LogP contribution in [0.25, 0.3) is 0 Å². The number of nitrogens with one attached hydrogen (secondary N) is 2. The second kappa shape index (κ2) is 8.60. The van der Waals surface area contributed by atoms with E-state index in [1.165, 1.54) is 38.5 Å². The summed E-state index contributed by atoms with van der Waals surface area (Å²) in [5.41, 5.74) is 1.40. The van der Waals surface area contributed by atoms with Crippen molar-refractivity contribution in [2.45, 2.75) is 51.9 Å². The Hall–Kier alpha value is -1.98. The Balaban J connectivity index is 1.37. The maximum Gasteiger partial charge on any atom is 0.287 e. The van der Waals surface area contributed by atoms with Crippen LogP contribution in [0.15, 0.2) is 21.7 Å². The largest absolute Gasteiger partial charge is 0.459 e. The lowest BCUT2D eigenvalue weighted by Crippen LogP contribution is -2.42. The first-order valence-corrected chi connectivity index (χ1v) is 9.91. The highest BCUT2D eigenvalue weighted by Crippen LogP contribution is 2.43. The van der Waals surface area contributed by atoms with Gasteiger partial charge in [0.2, 0.25) is 0 Å². The number of hydrogen-bond acceptors (Lipinski definition) is 3. The molecule has 0 aromatic carbocycles. The van der Waals surface area contributed by atoms with Crippen LogP contribution < -0.4 is 10.6 Å². The van der Waals surface area contributed by atoms with Crippen molar-refractivity contribution >= 4 is 11.9 Å². The van der Waals surface area contributed by atoms with Crippen LogP contribution >= 0.6 is 0 Å². The molecule has 2 N–H and O–H groups in total. The third kappa shape index (κ3) is 4.40. The molecule has 0 atom stereocenters. The van der Waals surface area contributed by atoms with E-state index < -0.39 is 0 Å². The molecule has 1 amide bonds. The molecule has 6 heteroatoms. The molecule has 1 aromatic rings. The molecule has 2 fully saturated rings. The molecule has 26 heavy (non-hydrogen) atoms. The van der Waals surface area contributed by atoms with Gasteiger partial charge in [0, 0.05) is 38.8 Å². The Kier molecular flexibility index (Phi) is 6.22. The third-order valence-corrected chi connectivity index (χ3v) is 5.85. The van der Waals surface area contributed by atoms with Gasteiger partial charge in [0.1, 0.15) is 0 Å². The van der Waals surface area contributed by atoms with Crippen LogP contribution in [0, 0.1) is 12.3 Å². The van der Waals surface area contributed by atoms with Gasteiger partial charge in [0.05, 0.1) is 6.26 Å². The standard InChI is InChI=1S/C20H32N4O2/c1-16-7-14-26-17(16)18(25)22-11-6-12-23-19(21-2)24-13-10-20(15-24)8-4-3-5-9-20/h7,14H,3-6,8-13,15H2,1-2H3,(H,21,23)(H,22,25). The van der Waals surface area contributed by atoms with Gasteiger partial charge in [-0.2, -0.15) is 0 Å². The van der Waals surface area contributed by atoms with Crippen molar-refractivity contribution in [1.82, 2.24) is 15.5 Å².